The number of hydrogen-bond acceptors (Lipinski definition) is 4. The summed E-state index contributed by atoms with van der Waals surface area (Å²) in [5.74, 6) is -0.0485. The summed E-state index contributed by atoms with van der Waals surface area (Å²) in [6.07, 6.45) is 5.47. The molecule has 1 fully saturated rings. The average Bonchev–Trinajstić information content (AvgIpc) is 2.95. The molecule has 1 aliphatic heterocycles. The molecule has 160 valence electrons. The van der Waals surface area contributed by atoms with Gasteiger partial charge in [0.25, 0.3) is 5.91 Å². The molecule has 0 radical (unpaired) electrons. The first kappa shape index (κ1) is 20.7. The Bertz CT molecular complexity index is 925. The number of carbonyl (C=O) groups is 2. The van der Waals surface area contributed by atoms with Crippen molar-refractivity contribution in [1.82, 2.24) is 19.6 Å². The fraction of sp³-hybridized carbons (Fsp3) is 0.500. The Kier molecular flexibility index (Phi) is 6.27. The lowest BCUT2D eigenvalue weighted by atomic mass is 10.1. The minimum absolute atomic E-state index is 0.0485. The lowest BCUT2D eigenvalue weighted by Crippen LogP contribution is -2.37. The minimum Gasteiger partial charge on any atom is -0.453 e. The fourth-order valence-electron chi connectivity index (χ4n) is 4.33. The van der Waals surface area contributed by atoms with Crippen molar-refractivity contribution in [3.63, 3.8) is 0 Å². The van der Waals surface area contributed by atoms with Crippen LogP contribution in [0.5, 0.6) is 0 Å². The molecule has 0 saturated carbocycles. The average molecular weight is 431 g/mol. The standard InChI is InChI=1S/C22H27ClN4O3/c1-30-22(29)26-13-5-12-25(14-15-26)21(28)20-18-6-3-2-4-7-19(18)27(24-20)17-10-8-16(23)9-11-17/h8-11H,2-7,12-15H2,1H3. The van der Waals surface area contributed by atoms with Crippen LogP contribution in [0.15, 0.2) is 24.3 Å². The van der Waals surface area contributed by atoms with Crippen LogP contribution in [0.25, 0.3) is 5.69 Å². The van der Waals surface area contributed by atoms with E-state index in [4.69, 9.17) is 21.4 Å². The third kappa shape index (κ3) is 4.17. The summed E-state index contributed by atoms with van der Waals surface area (Å²) in [6.45, 7) is 2.15. The summed E-state index contributed by atoms with van der Waals surface area (Å²) in [5, 5.41) is 5.46. The van der Waals surface area contributed by atoms with Crippen molar-refractivity contribution in [2.45, 2.75) is 38.5 Å². The highest BCUT2D eigenvalue weighted by atomic mass is 35.5. The predicted octanol–water partition coefficient (Wildman–Crippen LogP) is 3.71. The van der Waals surface area contributed by atoms with E-state index in [0.29, 0.717) is 36.9 Å². The van der Waals surface area contributed by atoms with Crippen LogP contribution in [0.3, 0.4) is 0 Å². The Morgan fingerprint density at radius 3 is 2.40 bits per heavy atom. The van der Waals surface area contributed by atoms with Crippen LogP contribution in [0, 0.1) is 0 Å². The maximum absolute atomic E-state index is 13.5. The van der Waals surface area contributed by atoms with E-state index in [1.165, 1.54) is 7.11 Å². The molecular weight excluding hydrogens is 404 g/mol. The molecule has 2 aliphatic rings. The Hall–Kier alpha value is -2.54. The molecule has 0 unspecified atom stereocenters. The van der Waals surface area contributed by atoms with Crippen molar-refractivity contribution in [2.24, 2.45) is 0 Å². The van der Waals surface area contributed by atoms with Crippen LogP contribution in [0.1, 0.15) is 47.4 Å². The van der Waals surface area contributed by atoms with Crippen molar-refractivity contribution in [1.29, 1.82) is 0 Å². The molecule has 4 rings (SSSR count). The Morgan fingerprint density at radius 2 is 1.63 bits per heavy atom. The Balaban J connectivity index is 1.64. The SMILES string of the molecule is COC(=O)N1CCCN(C(=O)c2nn(-c3ccc(Cl)cc3)c3c2CCCCC3)CC1. The summed E-state index contributed by atoms with van der Waals surface area (Å²) in [6, 6.07) is 7.57. The second-order valence-corrected chi connectivity index (χ2v) is 8.26. The zero-order valence-electron chi connectivity index (χ0n) is 17.3. The fourth-order valence-corrected chi connectivity index (χ4v) is 4.45. The lowest BCUT2D eigenvalue weighted by Gasteiger charge is -2.21. The van der Waals surface area contributed by atoms with Crippen molar-refractivity contribution < 1.29 is 14.3 Å². The van der Waals surface area contributed by atoms with Gasteiger partial charge in [0.15, 0.2) is 5.69 Å². The second kappa shape index (κ2) is 9.08. The summed E-state index contributed by atoms with van der Waals surface area (Å²) in [7, 11) is 1.38. The summed E-state index contributed by atoms with van der Waals surface area (Å²) in [5.41, 5.74) is 3.67. The van der Waals surface area contributed by atoms with E-state index in [1.54, 1.807) is 4.90 Å². The number of amides is 2. The van der Waals surface area contributed by atoms with Crippen LogP contribution in [0.4, 0.5) is 4.79 Å². The normalized spacial score (nSPS) is 17.1. The molecule has 1 aliphatic carbocycles. The van der Waals surface area contributed by atoms with Gasteiger partial charge >= 0.3 is 6.09 Å². The Morgan fingerprint density at radius 1 is 0.933 bits per heavy atom. The van der Waals surface area contributed by atoms with Gasteiger partial charge < -0.3 is 14.5 Å². The van der Waals surface area contributed by atoms with Crippen molar-refractivity contribution in [3.05, 3.63) is 46.2 Å². The van der Waals surface area contributed by atoms with Crippen LogP contribution in [-0.4, -0.2) is 64.9 Å². The van der Waals surface area contributed by atoms with E-state index < -0.39 is 0 Å². The number of methoxy groups -OCH3 is 1. The van der Waals surface area contributed by atoms with Gasteiger partial charge in [-0.3, -0.25) is 4.79 Å². The van der Waals surface area contributed by atoms with Crippen LogP contribution in [0.2, 0.25) is 5.02 Å². The molecule has 8 heteroatoms. The zero-order valence-corrected chi connectivity index (χ0v) is 18.0. The van der Waals surface area contributed by atoms with Gasteiger partial charge in [0.2, 0.25) is 0 Å². The monoisotopic (exact) mass is 430 g/mol. The Labute approximate surface area is 181 Å². The molecule has 30 heavy (non-hydrogen) atoms. The highest BCUT2D eigenvalue weighted by Crippen LogP contribution is 2.28. The molecule has 1 aromatic carbocycles. The van der Waals surface area contributed by atoms with Crippen molar-refractivity contribution in [3.8, 4) is 5.69 Å². The topological polar surface area (TPSA) is 67.7 Å². The number of ether oxygens (including phenoxy) is 1. The first-order valence-electron chi connectivity index (χ1n) is 10.6. The predicted molar refractivity (Wildman–Crippen MR) is 114 cm³/mol. The number of fused-ring (bicyclic) bond motifs is 1. The third-order valence-electron chi connectivity index (χ3n) is 5.92. The molecule has 2 amide bonds. The number of rotatable bonds is 2. The van der Waals surface area contributed by atoms with Gasteiger partial charge in [0.05, 0.1) is 12.8 Å². The van der Waals surface area contributed by atoms with E-state index in [1.807, 2.05) is 33.8 Å². The molecule has 0 N–H and O–H groups in total. The molecule has 0 atom stereocenters. The van der Waals surface area contributed by atoms with Gasteiger partial charge in [-0.1, -0.05) is 18.0 Å². The van der Waals surface area contributed by atoms with Gasteiger partial charge in [-0.15, -0.1) is 0 Å². The van der Waals surface area contributed by atoms with E-state index in [-0.39, 0.29) is 12.0 Å². The first-order valence-corrected chi connectivity index (χ1v) is 10.9. The largest absolute Gasteiger partial charge is 0.453 e. The van der Waals surface area contributed by atoms with Gasteiger partial charge in [-0.05, 0) is 56.4 Å². The zero-order chi connectivity index (χ0) is 21.1. The summed E-state index contributed by atoms with van der Waals surface area (Å²) < 4.78 is 6.75. The number of carbonyl (C=O) groups excluding carboxylic acids is 2. The lowest BCUT2D eigenvalue weighted by molar-refractivity contribution is 0.0749. The van der Waals surface area contributed by atoms with Crippen LogP contribution >= 0.6 is 11.6 Å². The molecule has 1 saturated heterocycles. The van der Waals surface area contributed by atoms with Gasteiger partial charge in [0, 0.05) is 42.5 Å². The maximum atomic E-state index is 13.5. The van der Waals surface area contributed by atoms with Crippen molar-refractivity contribution in [2.75, 3.05) is 33.3 Å². The van der Waals surface area contributed by atoms with Crippen molar-refractivity contribution >= 4 is 23.6 Å². The molecule has 0 spiro atoms. The second-order valence-electron chi connectivity index (χ2n) is 7.83. The minimum atomic E-state index is -0.342. The van der Waals surface area contributed by atoms with E-state index in [0.717, 1.165) is 55.5 Å². The van der Waals surface area contributed by atoms with E-state index >= 15 is 0 Å². The number of benzene rings is 1. The van der Waals surface area contributed by atoms with Crippen LogP contribution < -0.4 is 0 Å². The van der Waals surface area contributed by atoms with E-state index in [9.17, 15) is 9.59 Å². The highest BCUT2D eigenvalue weighted by molar-refractivity contribution is 6.30. The number of halogens is 1. The molecular formula is C22H27ClN4O3. The van der Waals surface area contributed by atoms with Gasteiger partial charge in [0.1, 0.15) is 0 Å². The number of aromatic nitrogens is 2. The molecule has 0 bridgehead atoms. The maximum Gasteiger partial charge on any atom is 0.409 e. The molecule has 2 heterocycles. The first-order chi connectivity index (χ1) is 14.6. The van der Waals surface area contributed by atoms with Crippen LogP contribution in [-0.2, 0) is 17.6 Å². The summed E-state index contributed by atoms with van der Waals surface area (Å²) >= 11 is 6.06. The number of nitrogens with zero attached hydrogens (tertiary/aromatic N) is 4. The summed E-state index contributed by atoms with van der Waals surface area (Å²) in [4.78, 5) is 28.8. The molecule has 1 aromatic heterocycles. The number of hydrogen-bond donors (Lipinski definition) is 0. The van der Waals surface area contributed by atoms with Gasteiger partial charge in [-0.2, -0.15) is 5.10 Å². The molecule has 7 nitrogen and oxygen atoms in total. The highest BCUT2D eigenvalue weighted by Gasteiger charge is 2.29. The van der Waals surface area contributed by atoms with E-state index in [2.05, 4.69) is 0 Å². The third-order valence-corrected chi connectivity index (χ3v) is 6.17. The smallest absolute Gasteiger partial charge is 0.409 e. The quantitative estimate of drug-likeness (QED) is 0.681. The van der Waals surface area contributed by atoms with Gasteiger partial charge in [-0.25, -0.2) is 9.48 Å². The molecule has 2 aromatic rings.